The number of anilines is 2. The predicted octanol–water partition coefficient (Wildman–Crippen LogP) is 7.11. The van der Waals surface area contributed by atoms with E-state index in [0.29, 0.717) is 52.9 Å². The first kappa shape index (κ1) is 46.4. The van der Waals surface area contributed by atoms with E-state index in [4.69, 9.17) is 15.2 Å². The molecule has 16 heteroatoms. The lowest BCUT2D eigenvalue weighted by atomic mass is 9.94. The number of piperidine rings is 1. The molecule has 0 bridgehead atoms. The number of carbonyl (C=O) groups excluding carboxylic acids is 3. The number of rotatable bonds is 21. The summed E-state index contributed by atoms with van der Waals surface area (Å²) in [5.74, 6) is 0.644. The van der Waals surface area contributed by atoms with Crippen molar-refractivity contribution in [3.05, 3.63) is 64.6 Å². The number of benzene rings is 2. The Labute approximate surface area is 365 Å². The molecule has 2 aliphatic rings. The number of aryl methyl sites for hydroxylation is 2. The third-order valence-corrected chi connectivity index (χ3v) is 15.1. The van der Waals surface area contributed by atoms with Gasteiger partial charge in [0.15, 0.2) is 15.7 Å². The third-order valence-electron chi connectivity index (χ3n) is 12.6. The molecule has 0 saturated carbocycles. The summed E-state index contributed by atoms with van der Waals surface area (Å²) in [6.07, 6.45) is 12.3. The molecule has 0 unspecified atom stereocenters. The van der Waals surface area contributed by atoms with Gasteiger partial charge in [0.05, 0.1) is 24.0 Å². The van der Waals surface area contributed by atoms with E-state index in [-0.39, 0.29) is 23.6 Å². The van der Waals surface area contributed by atoms with Crippen LogP contribution in [0.25, 0.3) is 10.9 Å². The highest BCUT2D eigenvalue weighted by atomic mass is 32.2. The summed E-state index contributed by atoms with van der Waals surface area (Å²) >= 11 is 0. The molecule has 2 aromatic carbocycles. The van der Waals surface area contributed by atoms with Gasteiger partial charge in [0.1, 0.15) is 28.8 Å². The molecule has 0 spiro atoms. The number of esters is 1. The van der Waals surface area contributed by atoms with Crippen molar-refractivity contribution in [1.82, 2.24) is 30.0 Å². The van der Waals surface area contributed by atoms with Gasteiger partial charge in [-0.25, -0.2) is 18.4 Å². The smallest absolute Gasteiger partial charge is 0.305 e. The van der Waals surface area contributed by atoms with E-state index in [1.165, 1.54) is 37.6 Å². The number of hydrogen-bond acceptors (Lipinski definition) is 12. The Morgan fingerprint density at radius 2 is 1.74 bits per heavy atom. The van der Waals surface area contributed by atoms with Crippen LogP contribution in [0.15, 0.2) is 41.6 Å². The average Bonchev–Trinajstić information content (AvgIpc) is 3.74. The van der Waals surface area contributed by atoms with Crippen LogP contribution in [0.5, 0.6) is 5.75 Å². The van der Waals surface area contributed by atoms with E-state index in [9.17, 15) is 22.8 Å². The summed E-state index contributed by atoms with van der Waals surface area (Å²) in [7, 11) is -2.47. The second kappa shape index (κ2) is 20.4. The first-order chi connectivity index (χ1) is 29.6. The number of nitrogens with zero attached hydrogens (tertiary/aromatic N) is 5. The summed E-state index contributed by atoms with van der Waals surface area (Å²) in [5.41, 5.74) is 10.8. The lowest BCUT2D eigenvalue weighted by molar-refractivity contribution is -0.141. The van der Waals surface area contributed by atoms with Gasteiger partial charge in [-0.15, -0.1) is 0 Å². The lowest BCUT2D eigenvalue weighted by Gasteiger charge is -2.32. The van der Waals surface area contributed by atoms with Crippen LogP contribution in [0.2, 0.25) is 0 Å². The van der Waals surface area contributed by atoms with Crippen LogP contribution in [0.3, 0.4) is 0 Å². The molecule has 0 aliphatic carbocycles. The number of nitrogens with one attached hydrogen (secondary N) is 2. The highest BCUT2D eigenvalue weighted by Gasteiger charge is 2.37. The maximum Gasteiger partial charge on any atom is 0.305 e. The molecule has 1 atom stereocenters. The highest BCUT2D eigenvalue weighted by molar-refractivity contribution is 7.92. The number of fused-ring (bicyclic) bond motifs is 2. The fourth-order valence-corrected chi connectivity index (χ4v) is 9.76. The standard InChI is InChI=1S/C46H64N8O7S/c1-30-31(2)51-52-43(30)50-44-35-26-40(62(58,59)46(3,4)5)39(27-37(35)48-29-49-44)61-25-21-32-19-23-53(24-20-32)22-12-10-8-7-9-11-14-33-15-13-16-34-36(33)28-54(45(34)57)38(42(47)56)17-18-41(55)60-6/h13,15-16,26-27,29,32,38H,7-12,14,17-25,28H2,1-6H3,(H2,47,56)(H2,48,49,50,51,52)/t38-/m0/s1. The topological polar surface area (TPSA) is 203 Å². The van der Waals surface area contributed by atoms with Crippen LogP contribution in [0, 0.1) is 19.8 Å². The number of unbranched alkanes of at least 4 members (excludes halogenated alkanes) is 5. The van der Waals surface area contributed by atoms with Crippen LogP contribution < -0.4 is 15.8 Å². The largest absolute Gasteiger partial charge is 0.492 e. The van der Waals surface area contributed by atoms with Gasteiger partial charge in [-0.1, -0.05) is 37.8 Å². The Bertz CT molecular complexity index is 2330. The van der Waals surface area contributed by atoms with Gasteiger partial charge < -0.3 is 30.3 Å². The number of nitrogens with two attached hydrogens (primary N) is 1. The first-order valence-corrected chi connectivity index (χ1v) is 23.5. The lowest BCUT2D eigenvalue weighted by Crippen LogP contribution is -2.45. The number of ether oxygens (including phenoxy) is 2. The maximum absolute atomic E-state index is 13.9. The molecule has 6 rings (SSSR count). The molecule has 0 radical (unpaired) electrons. The van der Waals surface area contributed by atoms with Crippen LogP contribution in [0.1, 0.15) is 124 Å². The molecule has 4 N–H and O–H groups in total. The summed E-state index contributed by atoms with van der Waals surface area (Å²) in [6, 6.07) is 8.27. The normalized spacial score (nSPS) is 15.5. The van der Waals surface area contributed by atoms with Crippen molar-refractivity contribution in [2.45, 2.75) is 134 Å². The molecule has 4 aromatic rings. The van der Waals surface area contributed by atoms with E-state index in [1.807, 2.05) is 19.9 Å². The van der Waals surface area contributed by atoms with Gasteiger partial charge in [0.25, 0.3) is 5.91 Å². The number of likely N-dealkylation sites (tertiary alicyclic amines) is 1. The Morgan fingerprint density at radius 1 is 1.02 bits per heavy atom. The van der Waals surface area contributed by atoms with Crippen molar-refractivity contribution >= 4 is 50.2 Å². The molecule has 2 aliphatic heterocycles. The molecule has 1 fully saturated rings. The molecular formula is C46H64N8O7S. The molecule has 1 saturated heterocycles. The number of sulfone groups is 1. The fourth-order valence-electron chi connectivity index (χ4n) is 8.44. The second-order valence-corrected chi connectivity index (χ2v) is 20.5. The highest BCUT2D eigenvalue weighted by Crippen LogP contribution is 2.38. The van der Waals surface area contributed by atoms with Crippen LogP contribution >= 0.6 is 0 Å². The second-order valence-electron chi connectivity index (χ2n) is 17.8. The number of carbonyl (C=O) groups is 3. The van der Waals surface area contributed by atoms with Crippen LogP contribution in [-0.2, 0) is 37.1 Å². The van der Waals surface area contributed by atoms with E-state index in [0.717, 1.165) is 87.0 Å². The van der Waals surface area contributed by atoms with Crippen molar-refractivity contribution in [2.24, 2.45) is 11.7 Å². The Balaban J connectivity index is 0.909. The zero-order chi connectivity index (χ0) is 44.6. The molecule has 2 aromatic heterocycles. The van der Waals surface area contributed by atoms with Crippen molar-refractivity contribution in [3.63, 3.8) is 0 Å². The van der Waals surface area contributed by atoms with E-state index in [1.54, 1.807) is 39.0 Å². The van der Waals surface area contributed by atoms with E-state index in [2.05, 4.69) is 36.4 Å². The number of aromatic nitrogens is 4. The van der Waals surface area contributed by atoms with E-state index >= 15 is 0 Å². The average molecular weight is 873 g/mol. The van der Waals surface area contributed by atoms with Crippen LogP contribution in [-0.4, -0.2) is 100 Å². The molecule has 15 nitrogen and oxygen atoms in total. The minimum absolute atomic E-state index is 0.0166. The van der Waals surface area contributed by atoms with Crippen molar-refractivity contribution in [3.8, 4) is 5.75 Å². The number of H-pyrrole nitrogens is 1. The van der Waals surface area contributed by atoms with Crippen LogP contribution in [0.4, 0.5) is 11.6 Å². The predicted molar refractivity (Wildman–Crippen MR) is 239 cm³/mol. The Morgan fingerprint density at radius 3 is 2.42 bits per heavy atom. The number of hydrogen-bond donors (Lipinski definition) is 3. The van der Waals surface area contributed by atoms with Gasteiger partial charge >= 0.3 is 5.97 Å². The van der Waals surface area contributed by atoms with Gasteiger partial charge in [0.2, 0.25) is 5.91 Å². The van der Waals surface area contributed by atoms with Gasteiger partial charge in [0, 0.05) is 41.2 Å². The summed E-state index contributed by atoms with van der Waals surface area (Å²) in [4.78, 5) is 50.3. The van der Waals surface area contributed by atoms with E-state index < -0.39 is 32.5 Å². The SMILES string of the molecule is COC(=O)CC[C@@H](C(N)=O)N1Cc2c(CCCCCCCCN3CCC(CCOc4cc5ncnc(Nc6n[nH]c(C)c6C)c5cc4S(=O)(=O)C(C)(C)C)CC3)cccc2C1=O. The molecule has 62 heavy (non-hydrogen) atoms. The zero-order valence-corrected chi connectivity index (χ0v) is 38.0. The Hall–Kier alpha value is -5.09. The van der Waals surface area contributed by atoms with Gasteiger partial charge in [-0.2, -0.15) is 5.10 Å². The number of primary amides is 1. The molecule has 4 heterocycles. The minimum Gasteiger partial charge on any atom is -0.492 e. The number of aromatic amines is 1. The molecular weight excluding hydrogens is 809 g/mol. The zero-order valence-electron chi connectivity index (χ0n) is 37.2. The molecule has 2 amide bonds. The quantitative estimate of drug-likeness (QED) is 0.0567. The monoisotopic (exact) mass is 872 g/mol. The minimum atomic E-state index is -3.77. The first-order valence-electron chi connectivity index (χ1n) is 22.0. The van der Waals surface area contributed by atoms with Crippen molar-refractivity contribution < 1.29 is 32.3 Å². The third kappa shape index (κ3) is 10.9. The number of amides is 2. The Kier molecular flexibility index (Phi) is 15.3. The summed E-state index contributed by atoms with van der Waals surface area (Å²) in [6.45, 7) is 12.9. The van der Waals surface area contributed by atoms with Crippen molar-refractivity contribution in [1.29, 1.82) is 0 Å². The van der Waals surface area contributed by atoms with Gasteiger partial charge in [-0.3, -0.25) is 19.5 Å². The summed E-state index contributed by atoms with van der Waals surface area (Å²) < 4.78 is 37.8. The molecule has 336 valence electrons. The number of methoxy groups -OCH3 is 1. The van der Waals surface area contributed by atoms with Crippen molar-refractivity contribution in [2.75, 3.05) is 38.7 Å². The summed E-state index contributed by atoms with van der Waals surface area (Å²) in [5, 5.41) is 11.1. The van der Waals surface area contributed by atoms with Gasteiger partial charge in [-0.05, 0) is 128 Å². The fraction of sp³-hybridized carbons (Fsp3) is 0.565. The maximum atomic E-state index is 13.9.